The Morgan fingerprint density at radius 3 is 2.57 bits per heavy atom. The first-order chi connectivity index (χ1) is 9.93. The monoisotopic (exact) mass is 301 g/mol. The SMILES string of the molecule is OCC1(Nc2ccc3nnc(C(F)(F)F)n3n2)CCCC1. The fourth-order valence-electron chi connectivity index (χ4n) is 2.68. The van der Waals surface area contributed by atoms with Gasteiger partial charge in [-0.3, -0.25) is 0 Å². The van der Waals surface area contributed by atoms with Crippen molar-refractivity contribution >= 4 is 11.5 Å². The number of fused-ring (bicyclic) bond motifs is 1. The van der Waals surface area contributed by atoms with Crippen molar-refractivity contribution < 1.29 is 18.3 Å². The van der Waals surface area contributed by atoms with Crippen LogP contribution in [-0.2, 0) is 6.18 Å². The maximum atomic E-state index is 12.8. The molecule has 9 heteroatoms. The van der Waals surface area contributed by atoms with Crippen molar-refractivity contribution in [1.82, 2.24) is 19.8 Å². The Morgan fingerprint density at radius 2 is 1.95 bits per heavy atom. The maximum absolute atomic E-state index is 12.8. The summed E-state index contributed by atoms with van der Waals surface area (Å²) in [6, 6.07) is 2.96. The van der Waals surface area contributed by atoms with Gasteiger partial charge in [0.15, 0.2) is 5.65 Å². The molecule has 0 bridgehead atoms. The lowest BCUT2D eigenvalue weighted by molar-refractivity contribution is -0.146. The topological polar surface area (TPSA) is 75.3 Å². The van der Waals surface area contributed by atoms with Crippen LogP contribution < -0.4 is 5.32 Å². The smallest absolute Gasteiger partial charge is 0.394 e. The van der Waals surface area contributed by atoms with Crippen molar-refractivity contribution in [2.24, 2.45) is 0 Å². The predicted octanol–water partition coefficient (Wildman–Crippen LogP) is 1.86. The summed E-state index contributed by atoms with van der Waals surface area (Å²) in [7, 11) is 0. The molecule has 2 N–H and O–H groups in total. The molecule has 3 rings (SSSR count). The van der Waals surface area contributed by atoms with Gasteiger partial charge in [0.2, 0.25) is 0 Å². The van der Waals surface area contributed by atoms with Crippen molar-refractivity contribution in [3.05, 3.63) is 18.0 Å². The second kappa shape index (κ2) is 4.83. The average molecular weight is 301 g/mol. The lowest BCUT2D eigenvalue weighted by atomic mass is 9.99. The second-order valence-electron chi connectivity index (χ2n) is 5.28. The fraction of sp³-hybridized carbons (Fsp3) is 0.583. The highest BCUT2D eigenvalue weighted by atomic mass is 19.4. The van der Waals surface area contributed by atoms with E-state index in [1.54, 1.807) is 6.07 Å². The van der Waals surface area contributed by atoms with E-state index in [1.165, 1.54) is 6.07 Å². The Hall–Kier alpha value is -1.90. The molecule has 0 spiro atoms. The van der Waals surface area contributed by atoms with Crippen molar-refractivity contribution in [2.45, 2.75) is 37.4 Å². The van der Waals surface area contributed by atoms with Crippen LogP contribution in [0.5, 0.6) is 0 Å². The van der Waals surface area contributed by atoms with Crippen LogP contribution in [0.25, 0.3) is 5.65 Å². The van der Waals surface area contributed by atoms with E-state index in [4.69, 9.17) is 0 Å². The minimum atomic E-state index is -4.62. The molecule has 0 unspecified atom stereocenters. The van der Waals surface area contributed by atoms with Gasteiger partial charge in [-0.2, -0.15) is 17.7 Å². The lowest BCUT2D eigenvalue weighted by Gasteiger charge is -2.28. The number of aliphatic hydroxyl groups is 1. The first-order valence-corrected chi connectivity index (χ1v) is 6.62. The van der Waals surface area contributed by atoms with E-state index < -0.39 is 17.5 Å². The van der Waals surface area contributed by atoms with E-state index in [2.05, 4.69) is 20.6 Å². The van der Waals surface area contributed by atoms with E-state index in [1.807, 2.05) is 0 Å². The van der Waals surface area contributed by atoms with Gasteiger partial charge in [-0.05, 0) is 25.0 Å². The van der Waals surface area contributed by atoms with Crippen molar-refractivity contribution in [1.29, 1.82) is 0 Å². The summed E-state index contributed by atoms with van der Waals surface area (Å²) in [4.78, 5) is 0. The molecule has 2 heterocycles. The van der Waals surface area contributed by atoms with Crippen molar-refractivity contribution in [2.75, 3.05) is 11.9 Å². The number of hydrogen-bond acceptors (Lipinski definition) is 5. The van der Waals surface area contributed by atoms with Crippen LogP contribution >= 0.6 is 0 Å². The zero-order valence-corrected chi connectivity index (χ0v) is 11.1. The van der Waals surface area contributed by atoms with Gasteiger partial charge < -0.3 is 10.4 Å². The first-order valence-electron chi connectivity index (χ1n) is 6.62. The van der Waals surface area contributed by atoms with Crippen LogP contribution in [0.15, 0.2) is 12.1 Å². The molecular formula is C12H14F3N5O. The second-order valence-corrected chi connectivity index (χ2v) is 5.28. The zero-order valence-electron chi connectivity index (χ0n) is 11.1. The molecule has 0 aliphatic heterocycles. The van der Waals surface area contributed by atoms with E-state index in [9.17, 15) is 18.3 Å². The van der Waals surface area contributed by atoms with Gasteiger partial charge in [-0.25, -0.2) is 0 Å². The Kier molecular flexibility index (Phi) is 3.23. The molecule has 1 aliphatic carbocycles. The Bertz CT molecular complexity index is 648. The minimum Gasteiger partial charge on any atom is -0.394 e. The van der Waals surface area contributed by atoms with Gasteiger partial charge >= 0.3 is 6.18 Å². The molecule has 0 radical (unpaired) electrons. The quantitative estimate of drug-likeness (QED) is 0.905. The molecule has 114 valence electrons. The molecule has 1 saturated carbocycles. The summed E-state index contributed by atoms with van der Waals surface area (Å²) >= 11 is 0. The number of rotatable bonds is 3. The number of nitrogens with one attached hydrogen (secondary N) is 1. The number of aromatic nitrogens is 4. The lowest BCUT2D eigenvalue weighted by Crippen LogP contribution is -2.39. The number of aliphatic hydroxyl groups excluding tert-OH is 1. The summed E-state index contributed by atoms with van der Waals surface area (Å²) in [5.74, 6) is -0.894. The largest absolute Gasteiger partial charge is 0.453 e. The number of alkyl halides is 3. The van der Waals surface area contributed by atoms with Gasteiger partial charge in [-0.15, -0.1) is 15.3 Å². The number of hydrogen-bond donors (Lipinski definition) is 2. The minimum absolute atomic E-state index is 0.0253. The zero-order chi connectivity index (χ0) is 15.1. The fourth-order valence-corrected chi connectivity index (χ4v) is 2.68. The van der Waals surface area contributed by atoms with Crippen LogP contribution in [0.2, 0.25) is 0 Å². The highest BCUT2D eigenvalue weighted by molar-refractivity contribution is 5.45. The average Bonchev–Trinajstić information content (AvgIpc) is 3.04. The molecule has 6 nitrogen and oxygen atoms in total. The highest BCUT2D eigenvalue weighted by Crippen LogP contribution is 2.32. The summed E-state index contributed by atoms with van der Waals surface area (Å²) in [6.07, 6.45) is -1.16. The van der Waals surface area contributed by atoms with Crippen LogP contribution in [0, 0.1) is 0 Å². The highest BCUT2D eigenvalue weighted by Gasteiger charge is 2.38. The van der Waals surface area contributed by atoms with Crippen LogP contribution in [0.3, 0.4) is 0 Å². The normalized spacial score (nSPS) is 18.3. The van der Waals surface area contributed by atoms with Gasteiger partial charge in [0.05, 0.1) is 12.1 Å². The first kappa shape index (κ1) is 14.1. The third-order valence-electron chi connectivity index (χ3n) is 3.77. The third-order valence-corrected chi connectivity index (χ3v) is 3.77. The third kappa shape index (κ3) is 2.53. The molecule has 0 saturated heterocycles. The van der Waals surface area contributed by atoms with Gasteiger partial charge in [0.1, 0.15) is 5.82 Å². The Labute approximate surface area is 118 Å². The number of halogens is 3. The Morgan fingerprint density at radius 1 is 1.24 bits per heavy atom. The molecule has 0 amide bonds. The van der Waals surface area contributed by atoms with Gasteiger partial charge in [0.25, 0.3) is 5.82 Å². The van der Waals surface area contributed by atoms with E-state index in [-0.39, 0.29) is 18.1 Å². The van der Waals surface area contributed by atoms with Gasteiger partial charge in [0, 0.05) is 0 Å². The summed E-state index contributed by atoms with van der Waals surface area (Å²) in [5.41, 5.74) is -0.482. The number of nitrogens with zero attached hydrogens (tertiary/aromatic N) is 4. The predicted molar refractivity (Wildman–Crippen MR) is 67.7 cm³/mol. The molecule has 2 aromatic rings. The van der Waals surface area contributed by atoms with Crippen LogP contribution in [0.1, 0.15) is 31.5 Å². The molecule has 1 aliphatic rings. The molecule has 21 heavy (non-hydrogen) atoms. The van der Waals surface area contributed by atoms with Crippen LogP contribution in [0.4, 0.5) is 19.0 Å². The van der Waals surface area contributed by atoms with E-state index in [0.29, 0.717) is 4.52 Å². The van der Waals surface area contributed by atoms with Crippen molar-refractivity contribution in [3.63, 3.8) is 0 Å². The summed E-state index contributed by atoms with van der Waals surface area (Å²) in [5, 5.41) is 23.1. The van der Waals surface area contributed by atoms with Crippen LogP contribution in [-0.4, -0.2) is 37.1 Å². The molecule has 0 atom stereocenters. The Balaban J connectivity index is 1.97. The van der Waals surface area contributed by atoms with Crippen molar-refractivity contribution in [3.8, 4) is 0 Å². The summed E-state index contributed by atoms with van der Waals surface area (Å²) in [6.45, 7) is -0.0823. The maximum Gasteiger partial charge on any atom is 0.453 e. The molecule has 2 aromatic heterocycles. The molecule has 0 aromatic carbocycles. The van der Waals surface area contributed by atoms with E-state index in [0.717, 1.165) is 25.7 Å². The standard InChI is InChI=1S/C12H14F3N5O/c13-12(14,15)10-18-17-9-4-3-8(19-20(9)10)16-11(7-21)5-1-2-6-11/h3-4,21H,1-2,5-7H2,(H,16,19). The molecular weight excluding hydrogens is 287 g/mol. The van der Waals surface area contributed by atoms with Gasteiger partial charge in [-0.1, -0.05) is 12.8 Å². The number of anilines is 1. The molecule has 1 fully saturated rings. The van der Waals surface area contributed by atoms with E-state index >= 15 is 0 Å². The summed E-state index contributed by atoms with van der Waals surface area (Å²) < 4.78 is 39.1.